The van der Waals surface area contributed by atoms with Crippen LogP contribution in [0.2, 0.25) is 0 Å². The van der Waals surface area contributed by atoms with Crippen LogP contribution in [0.15, 0.2) is 23.8 Å². The van der Waals surface area contributed by atoms with Crippen LogP contribution in [0, 0.1) is 5.92 Å². The number of nitrogens with zero attached hydrogens (tertiary/aromatic N) is 1. The fourth-order valence-electron chi connectivity index (χ4n) is 1.91. The second kappa shape index (κ2) is 5.85. The van der Waals surface area contributed by atoms with Crippen molar-refractivity contribution in [2.24, 2.45) is 5.92 Å². The predicted molar refractivity (Wildman–Crippen MR) is 65.3 cm³/mol. The highest BCUT2D eigenvalue weighted by molar-refractivity contribution is 5.78. The highest BCUT2D eigenvalue weighted by atomic mass is 16.4. The summed E-state index contributed by atoms with van der Waals surface area (Å²) in [4.78, 5) is 13.1. The maximum Gasteiger partial charge on any atom is 0.325 e. The van der Waals surface area contributed by atoms with Gasteiger partial charge in [-0.25, -0.2) is 0 Å². The number of carboxylic acid groups (broad SMARTS) is 1. The Morgan fingerprint density at radius 2 is 2.31 bits per heavy atom. The van der Waals surface area contributed by atoms with Gasteiger partial charge in [0, 0.05) is 0 Å². The molecule has 16 heavy (non-hydrogen) atoms. The lowest BCUT2D eigenvalue weighted by atomic mass is 10.0. The number of allylic oxidation sites excluding steroid dienone is 2. The second-order valence-corrected chi connectivity index (χ2v) is 4.50. The molecule has 0 saturated heterocycles. The molecule has 1 aliphatic rings. The zero-order chi connectivity index (χ0) is 12.1. The molecule has 3 heteroatoms. The molecular weight excluding hydrogens is 202 g/mol. The molecule has 0 bridgehead atoms. The van der Waals surface area contributed by atoms with Crippen LogP contribution in [0.4, 0.5) is 0 Å². The lowest BCUT2D eigenvalue weighted by Gasteiger charge is -2.24. The maximum atomic E-state index is 11.3. The van der Waals surface area contributed by atoms with Crippen molar-refractivity contribution in [3.8, 4) is 0 Å². The Morgan fingerprint density at radius 3 is 2.88 bits per heavy atom. The van der Waals surface area contributed by atoms with Crippen LogP contribution >= 0.6 is 0 Å². The van der Waals surface area contributed by atoms with E-state index in [1.165, 1.54) is 0 Å². The fraction of sp³-hybridized carbons (Fsp3) is 0.615. The monoisotopic (exact) mass is 223 g/mol. The Hall–Kier alpha value is -1.09. The molecule has 1 aliphatic carbocycles. The molecule has 0 aromatic carbocycles. The van der Waals surface area contributed by atoms with Crippen molar-refractivity contribution in [2.45, 2.75) is 32.7 Å². The van der Waals surface area contributed by atoms with Crippen LogP contribution in [0.25, 0.3) is 0 Å². The number of aliphatic carboxylic acids is 1. The lowest BCUT2D eigenvalue weighted by Crippen LogP contribution is -2.39. The first-order valence-electron chi connectivity index (χ1n) is 5.85. The first-order chi connectivity index (χ1) is 7.56. The molecule has 90 valence electrons. The van der Waals surface area contributed by atoms with Gasteiger partial charge in [-0.1, -0.05) is 32.1 Å². The van der Waals surface area contributed by atoms with Crippen molar-refractivity contribution in [1.29, 1.82) is 0 Å². The van der Waals surface area contributed by atoms with Crippen molar-refractivity contribution < 1.29 is 9.90 Å². The predicted octanol–water partition coefficient (Wildman–Crippen LogP) is 2.30. The van der Waals surface area contributed by atoms with E-state index in [9.17, 15) is 9.90 Å². The molecule has 0 amide bonds. The highest BCUT2D eigenvalue weighted by Gasteiger charge is 2.24. The summed E-state index contributed by atoms with van der Waals surface area (Å²) in [6, 6.07) is -0.508. The Bertz CT molecular complexity index is 307. The summed E-state index contributed by atoms with van der Waals surface area (Å²) in [5, 5.41) is 9.27. The van der Waals surface area contributed by atoms with Crippen molar-refractivity contribution >= 4 is 5.97 Å². The average molecular weight is 223 g/mol. The molecule has 0 aliphatic heterocycles. The molecule has 2 atom stereocenters. The first-order valence-corrected chi connectivity index (χ1v) is 5.85. The largest absolute Gasteiger partial charge is 0.480 e. The second-order valence-electron chi connectivity index (χ2n) is 4.50. The highest BCUT2D eigenvalue weighted by Crippen LogP contribution is 2.20. The normalized spacial score (nSPS) is 22.8. The van der Waals surface area contributed by atoms with Gasteiger partial charge in [-0.2, -0.15) is 0 Å². The molecule has 0 aromatic heterocycles. The molecule has 0 heterocycles. The van der Waals surface area contributed by atoms with Gasteiger partial charge in [-0.05, 0) is 37.9 Å². The van der Waals surface area contributed by atoms with E-state index in [0.29, 0.717) is 5.92 Å². The van der Waals surface area contributed by atoms with Gasteiger partial charge in [0.15, 0.2) is 0 Å². The molecule has 0 radical (unpaired) electrons. The number of hydrogen-bond donors (Lipinski definition) is 1. The minimum absolute atomic E-state index is 0.508. The average Bonchev–Trinajstić information content (AvgIpc) is 2.43. The summed E-state index contributed by atoms with van der Waals surface area (Å²) < 4.78 is 0. The molecule has 1 rings (SSSR count). The lowest BCUT2D eigenvalue weighted by molar-refractivity contribution is -0.141. The smallest absolute Gasteiger partial charge is 0.325 e. The van der Waals surface area contributed by atoms with Crippen LogP contribution in [0.3, 0.4) is 0 Å². The zero-order valence-electron chi connectivity index (χ0n) is 10.3. The van der Waals surface area contributed by atoms with Gasteiger partial charge in [0.1, 0.15) is 6.04 Å². The van der Waals surface area contributed by atoms with Gasteiger partial charge in [0.2, 0.25) is 0 Å². The molecular formula is C13H21NO2. The van der Waals surface area contributed by atoms with Crippen LogP contribution in [0.5, 0.6) is 0 Å². The fourth-order valence-corrected chi connectivity index (χ4v) is 1.91. The van der Waals surface area contributed by atoms with E-state index in [2.05, 4.69) is 19.1 Å². The van der Waals surface area contributed by atoms with Crippen LogP contribution in [-0.2, 0) is 4.79 Å². The Kier molecular flexibility index (Phi) is 4.74. The minimum atomic E-state index is -0.769. The quantitative estimate of drug-likeness (QED) is 0.795. The minimum Gasteiger partial charge on any atom is -0.480 e. The first kappa shape index (κ1) is 13.0. The Labute approximate surface area is 97.4 Å². The van der Waals surface area contributed by atoms with Crippen LogP contribution in [0.1, 0.15) is 26.7 Å². The Morgan fingerprint density at radius 1 is 1.62 bits per heavy atom. The maximum absolute atomic E-state index is 11.3. The van der Waals surface area contributed by atoms with E-state index in [0.717, 1.165) is 25.0 Å². The summed E-state index contributed by atoms with van der Waals surface area (Å²) in [6.07, 6.45) is 8.11. The number of likely N-dealkylation sites (N-methyl/N-ethyl adjacent to an activating group) is 1. The summed E-state index contributed by atoms with van der Waals surface area (Å²) in [6.45, 7) is 4.89. The standard InChI is InChI=1S/C13H21NO2/c1-4-14(3)12(13(15)16)11-7-5-6-10(2)8-9-11/h5,7,9-10,12H,4,6,8H2,1-3H3,(H,15,16). The number of rotatable bonds is 4. The summed E-state index contributed by atoms with van der Waals surface area (Å²) in [5.41, 5.74) is 0.918. The summed E-state index contributed by atoms with van der Waals surface area (Å²) in [7, 11) is 1.85. The topological polar surface area (TPSA) is 40.5 Å². The van der Waals surface area contributed by atoms with Crippen molar-refractivity contribution in [2.75, 3.05) is 13.6 Å². The van der Waals surface area contributed by atoms with Gasteiger partial charge in [0.05, 0.1) is 0 Å². The van der Waals surface area contributed by atoms with Gasteiger partial charge in [-0.3, -0.25) is 9.69 Å². The number of carbonyl (C=O) groups is 1. The van der Waals surface area contributed by atoms with E-state index in [-0.39, 0.29) is 0 Å². The molecule has 3 nitrogen and oxygen atoms in total. The molecule has 0 aromatic rings. The van der Waals surface area contributed by atoms with Crippen LogP contribution in [-0.4, -0.2) is 35.6 Å². The van der Waals surface area contributed by atoms with Gasteiger partial charge < -0.3 is 5.11 Å². The van der Waals surface area contributed by atoms with E-state index >= 15 is 0 Å². The van der Waals surface area contributed by atoms with E-state index in [1.54, 1.807) is 0 Å². The van der Waals surface area contributed by atoms with E-state index in [1.807, 2.05) is 24.9 Å². The third-order valence-electron chi connectivity index (χ3n) is 3.09. The third kappa shape index (κ3) is 3.20. The SMILES string of the molecule is CCN(C)C(C(=O)O)C1=CCC(C)CC=C1. The molecule has 2 unspecified atom stereocenters. The van der Waals surface area contributed by atoms with Gasteiger partial charge in [0.25, 0.3) is 0 Å². The van der Waals surface area contributed by atoms with Gasteiger partial charge >= 0.3 is 5.97 Å². The Balaban J connectivity index is 2.89. The van der Waals surface area contributed by atoms with Crippen molar-refractivity contribution in [3.63, 3.8) is 0 Å². The van der Waals surface area contributed by atoms with E-state index < -0.39 is 12.0 Å². The molecule has 1 N–H and O–H groups in total. The number of hydrogen-bond acceptors (Lipinski definition) is 2. The molecule has 0 spiro atoms. The summed E-state index contributed by atoms with van der Waals surface area (Å²) in [5.74, 6) is -0.162. The molecule has 0 saturated carbocycles. The van der Waals surface area contributed by atoms with Crippen molar-refractivity contribution in [3.05, 3.63) is 23.8 Å². The van der Waals surface area contributed by atoms with Crippen LogP contribution < -0.4 is 0 Å². The molecule has 0 fully saturated rings. The van der Waals surface area contributed by atoms with Gasteiger partial charge in [-0.15, -0.1) is 0 Å². The number of carboxylic acids is 1. The van der Waals surface area contributed by atoms with Crippen molar-refractivity contribution in [1.82, 2.24) is 4.90 Å². The zero-order valence-corrected chi connectivity index (χ0v) is 10.3. The summed E-state index contributed by atoms with van der Waals surface area (Å²) >= 11 is 0. The third-order valence-corrected chi connectivity index (χ3v) is 3.09. The van der Waals surface area contributed by atoms with E-state index in [4.69, 9.17) is 0 Å².